The number of nitrogens with one attached hydrogen (secondary N) is 1. The van der Waals surface area contributed by atoms with Crippen LogP contribution in [0.5, 0.6) is 0 Å². The maximum atomic E-state index is 4.64. The Bertz CT molecular complexity index is 1190. The Morgan fingerprint density at radius 1 is 0.758 bits per heavy atom. The number of hydrogen-bond donors (Lipinski definition) is 1. The van der Waals surface area contributed by atoms with Gasteiger partial charge in [-0.25, -0.2) is 9.97 Å². The molecule has 0 radical (unpaired) electrons. The molecular weight excluding hydrogens is 408 g/mol. The van der Waals surface area contributed by atoms with Gasteiger partial charge in [0, 0.05) is 17.0 Å². The summed E-state index contributed by atoms with van der Waals surface area (Å²) in [7, 11) is 0. The Morgan fingerprint density at radius 2 is 1.30 bits per heavy atom. The van der Waals surface area contributed by atoms with Crippen LogP contribution in [0.4, 0.5) is 11.6 Å². The van der Waals surface area contributed by atoms with Gasteiger partial charge < -0.3 is 0 Å². The molecule has 0 aliphatic carbocycles. The fourth-order valence-electron chi connectivity index (χ4n) is 3.11. The summed E-state index contributed by atoms with van der Waals surface area (Å²) in [5.41, 5.74) is 8.71. The van der Waals surface area contributed by atoms with Crippen molar-refractivity contribution in [2.24, 2.45) is 21.2 Å². The molecule has 0 aliphatic rings. The monoisotopic (exact) mass is 434 g/mol. The van der Waals surface area contributed by atoms with Crippen molar-refractivity contribution in [2.75, 3.05) is 5.43 Å². The van der Waals surface area contributed by atoms with Crippen LogP contribution in [0.25, 0.3) is 22.5 Å². The summed E-state index contributed by atoms with van der Waals surface area (Å²) in [6, 6.07) is 30.0. The maximum absolute atomic E-state index is 4.64. The fraction of sp³-hybridized carbons (Fsp3) is 0.148. The quantitative estimate of drug-likeness (QED) is 0.150. The van der Waals surface area contributed by atoms with E-state index in [1.54, 1.807) is 0 Å². The molecule has 6 nitrogen and oxygen atoms in total. The van der Waals surface area contributed by atoms with E-state index >= 15 is 0 Å². The van der Waals surface area contributed by atoms with Gasteiger partial charge >= 0.3 is 0 Å². The molecule has 1 heterocycles. The van der Waals surface area contributed by atoms with Crippen LogP contribution in [-0.2, 0) is 0 Å². The summed E-state index contributed by atoms with van der Waals surface area (Å²) in [6.45, 7) is 6.09. The van der Waals surface area contributed by atoms with Gasteiger partial charge in [0.25, 0.3) is 5.95 Å². The van der Waals surface area contributed by atoms with E-state index < -0.39 is 0 Å². The van der Waals surface area contributed by atoms with Crippen LogP contribution in [0, 0.1) is 12.8 Å². The third kappa shape index (κ3) is 5.95. The molecule has 1 N–H and O–H groups in total. The molecule has 0 fully saturated rings. The van der Waals surface area contributed by atoms with Crippen LogP contribution in [0.2, 0.25) is 0 Å². The Labute approximate surface area is 194 Å². The molecule has 6 heteroatoms. The van der Waals surface area contributed by atoms with Gasteiger partial charge in [-0.3, -0.25) is 5.43 Å². The van der Waals surface area contributed by atoms with Crippen molar-refractivity contribution in [3.8, 4) is 22.5 Å². The molecule has 4 aromatic rings. The number of azo groups is 1. The summed E-state index contributed by atoms with van der Waals surface area (Å²) in [5, 5.41) is 13.2. The lowest BCUT2D eigenvalue weighted by molar-refractivity contribution is 0.856. The van der Waals surface area contributed by atoms with Crippen LogP contribution in [0.1, 0.15) is 19.4 Å². The first-order valence-corrected chi connectivity index (χ1v) is 10.9. The summed E-state index contributed by atoms with van der Waals surface area (Å²) >= 11 is 0. The summed E-state index contributed by atoms with van der Waals surface area (Å²) in [4.78, 5) is 9.28. The molecule has 0 atom stereocenters. The number of rotatable bonds is 6. The molecule has 0 saturated heterocycles. The standard InChI is InChI=1S/C27H26N6/c1-19(2)26(31-30-23-16-14-20(3)15-17-23)32-33-27-28-24(21-10-6-4-7-11-21)18-25(29-27)22-12-8-5-9-13-22/h4-19,30H,1-3H3. The minimum Gasteiger partial charge on any atom is -0.277 e. The first kappa shape index (κ1) is 22.0. The van der Waals surface area contributed by atoms with Crippen molar-refractivity contribution in [3.63, 3.8) is 0 Å². The summed E-state index contributed by atoms with van der Waals surface area (Å²) < 4.78 is 0. The SMILES string of the molecule is Cc1ccc(NN=C(N=Nc2nc(-c3ccccc3)cc(-c3ccccc3)n2)C(C)C)cc1. The van der Waals surface area contributed by atoms with E-state index in [-0.39, 0.29) is 5.92 Å². The van der Waals surface area contributed by atoms with Crippen LogP contribution < -0.4 is 5.43 Å². The second-order valence-electron chi connectivity index (χ2n) is 7.97. The topological polar surface area (TPSA) is 74.9 Å². The largest absolute Gasteiger partial charge is 0.277 e. The lowest BCUT2D eigenvalue weighted by atomic mass is 10.1. The third-order valence-electron chi connectivity index (χ3n) is 4.96. The number of hydrogen-bond acceptors (Lipinski definition) is 5. The number of benzene rings is 3. The average Bonchev–Trinajstić information content (AvgIpc) is 2.86. The minimum absolute atomic E-state index is 0.0672. The molecule has 0 bridgehead atoms. The second kappa shape index (κ2) is 10.4. The van der Waals surface area contributed by atoms with Crippen LogP contribution in [0.3, 0.4) is 0 Å². The Balaban J connectivity index is 1.67. The maximum Gasteiger partial charge on any atom is 0.270 e. The van der Waals surface area contributed by atoms with Gasteiger partial charge in [-0.2, -0.15) is 5.10 Å². The van der Waals surface area contributed by atoms with Gasteiger partial charge in [0.2, 0.25) is 0 Å². The van der Waals surface area contributed by atoms with E-state index in [0.29, 0.717) is 11.8 Å². The highest BCUT2D eigenvalue weighted by atomic mass is 15.3. The van der Waals surface area contributed by atoms with Crippen molar-refractivity contribution < 1.29 is 0 Å². The molecule has 3 aromatic carbocycles. The van der Waals surface area contributed by atoms with Gasteiger partial charge in [0.1, 0.15) is 0 Å². The zero-order valence-electron chi connectivity index (χ0n) is 19.0. The highest BCUT2D eigenvalue weighted by Gasteiger charge is 2.10. The number of aryl methyl sites for hydroxylation is 1. The van der Waals surface area contributed by atoms with Gasteiger partial charge in [-0.1, -0.05) is 92.2 Å². The molecule has 0 saturated carbocycles. The number of anilines is 1. The Morgan fingerprint density at radius 3 is 1.82 bits per heavy atom. The van der Waals surface area contributed by atoms with Crippen molar-refractivity contribution >= 4 is 17.5 Å². The molecule has 0 aliphatic heterocycles. The lowest BCUT2D eigenvalue weighted by Crippen LogP contribution is -2.06. The number of amidine groups is 1. The van der Waals surface area contributed by atoms with Crippen molar-refractivity contribution in [2.45, 2.75) is 20.8 Å². The smallest absolute Gasteiger partial charge is 0.270 e. The average molecular weight is 435 g/mol. The van der Waals surface area contributed by atoms with Gasteiger partial charge in [-0.05, 0) is 25.1 Å². The molecule has 0 unspecified atom stereocenters. The zero-order chi connectivity index (χ0) is 23.0. The molecular formula is C27H26N6. The van der Waals surface area contributed by atoms with E-state index in [4.69, 9.17) is 0 Å². The lowest BCUT2D eigenvalue weighted by Gasteiger charge is -2.07. The van der Waals surface area contributed by atoms with Crippen LogP contribution >= 0.6 is 0 Å². The van der Waals surface area contributed by atoms with E-state index in [1.807, 2.05) is 112 Å². The van der Waals surface area contributed by atoms with E-state index in [1.165, 1.54) is 5.56 Å². The highest BCUT2D eigenvalue weighted by Crippen LogP contribution is 2.26. The van der Waals surface area contributed by atoms with Crippen molar-refractivity contribution in [1.82, 2.24) is 9.97 Å². The molecule has 0 amide bonds. The third-order valence-corrected chi connectivity index (χ3v) is 4.96. The second-order valence-corrected chi connectivity index (χ2v) is 7.97. The number of aromatic nitrogens is 2. The van der Waals surface area contributed by atoms with Gasteiger partial charge in [-0.15, -0.1) is 10.2 Å². The van der Waals surface area contributed by atoms with E-state index in [0.717, 1.165) is 28.2 Å². The van der Waals surface area contributed by atoms with Crippen LogP contribution in [0.15, 0.2) is 106 Å². The van der Waals surface area contributed by atoms with Gasteiger partial charge in [0.15, 0.2) is 5.84 Å². The molecule has 33 heavy (non-hydrogen) atoms. The Kier molecular flexibility index (Phi) is 6.95. The predicted molar refractivity (Wildman–Crippen MR) is 134 cm³/mol. The molecule has 4 rings (SSSR count). The normalized spacial score (nSPS) is 11.8. The number of nitrogens with zero attached hydrogens (tertiary/aromatic N) is 5. The zero-order valence-corrected chi connectivity index (χ0v) is 19.0. The van der Waals surface area contributed by atoms with E-state index in [9.17, 15) is 0 Å². The van der Waals surface area contributed by atoms with E-state index in [2.05, 4.69) is 30.7 Å². The predicted octanol–water partition coefficient (Wildman–Crippen LogP) is 7.28. The van der Waals surface area contributed by atoms with Gasteiger partial charge in [0.05, 0.1) is 17.1 Å². The van der Waals surface area contributed by atoms with Crippen molar-refractivity contribution in [1.29, 1.82) is 0 Å². The van der Waals surface area contributed by atoms with Crippen molar-refractivity contribution in [3.05, 3.63) is 96.6 Å². The minimum atomic E-state index is 0.0672. The highest BCUT2D eigenvalue weighted by molar-refractivity contribution is 5.85. The first-order valence-electron chi connectivity index (χ1n) is 10.9. The first-order chi connectivity index (χ1) is 16.1. The summed E-state index contributed by atoms with van der Waals surface area (Å²) in [5.74, 6) is 0.919. The fourth-order valence-corrected chi connectivity index (χ4v) is 3.11. The Hall–Kier alpha value is -4.19. The molecule has 0 spiro atoms. The molecule has 1 aromatic heterocycles. The number of hydrazone groups is 1. The molecule has 164 valence electrons. The van der Waals surface area contributed by atoms with Crippen LogP contribution in [-0.4, -0.2) is 15.8 Å². The summed E-state index contributed by atoms with van der Waals surface area (Å²) in [6.07, 6.45) is 0.